The minimum Gasteiger partial charge on any atom is -0.381 e. The molecule has 216 valence electrons. The summed E-state index contributed by atoms with van der Waals surface area (Å²) in [6, 6.07) is 1.44. The van der Waals surface area contributed by atoms with Gasteiger partial charge in [-0.05, 0) is 71.3 Å². The molecule has 7 unspecified atom stereocenters. The van der Waals surface area contributed by atoms with E-state index in [0.29, 0.717) is 41.9 Å². The summed E-state index contributed by atoms with van der Waals surface area (Å²) in [6.07, 6.45) is 47.1. The smallest absolute Gasteiger partial charge is 0.103 e. The van der Waals surface area contributed by atoms with Gasteiger partial charge in [0.05, 0.1) is 18.1 Å². The third-order valence-corrected chi connectivity index (χ3v) is 10.9. The molecule has 43 heavy (non-hydrogen) atoms. The molecule has 7 atom stereocenters. The van der Waals surface area contributed by atoms with E-state index in [-0.39, 0.29) is 0 Å². The highest BCUT2D eigenvalue weighted by molar-refractivity contribution is 5.53. The van der Waals surface area contributed by atoms with Crippen LogP contribution in [0.4, 0.5) is 0 Å². The molecule has 0 amide bonds. The summed E-state index contributed by atoms with van der Waals surface area (Å²) >= 11 is 0. The van der Waals surface area contributed by atoms with Gasteiger partial charge >= 0.3 is 0 Å². The van der Waals surface area contributed by atoms with Crippen molar-refractivity contribution in [1.29, 1.82) is 0 Å². The van der Waals surface area contributed by atoms with Crippen molar-refractivity contribution in [3.05, 3.63) is 154 Å². The summed E-state index contributed by atoms with van der Waals surface area (Å²) in [5, 5.41) is 11.5. The summed E-state index contributed by atoms with van der Waals surface area (Å²) < 4.78 is 0. The molecule has 4 heterocycles. The fourth-order valence-corrected chi connectivity index (χ4v) is 8.86. The van der Waals surface area contributed by atoms with Crippen molar-refractivity contribution in [2.24, 2.45) is 17.8 Å². The zero-order valence-electron chi connectivity index (χ0n) is 24.6. The Kier molecular flexibility index (Phi) is 6.11. The molecule has 4 heteroatoms. The van der Waals surface area contributed by atoms with Crippen LogP contribution in [0.5, 0.6) is 0 Å². The maximum absolute atomic E-state index is 3.96. The quantitative estimate of drug-likeness (QED) is 0.386. The second-order valence-electron chi connectivity index (χ2n) is 13.2. The Bertz CT molecular complexity index is 1640. The molecule has 5 aliphatic carbocycles. The normalized spacial score (nSPS) is 36.5. The first-order valence-electron chi connectivity index (χ1n) is 16.4. The van der Waals surface area contributed by atoms with E-state index in [1.165, 1.54) is 40.2 Å². The van der Waals surface area contributed by atoms with E-state index in [1.54, 1.807) is 11.1 Å². The molecular weight excluding hydrogens is 524 g/mol. The van der Waals surface area contributed by atoms with Gasteiger partial charge in [-0.3, -0.25) is 0 Å². The van der Waals surface area contributed by atoms with Crippen LogP contribution >= 0.6 is 0 Å². The zero-order chi connectivity index (χ0) is 28.3. The molecule has 9 aliphatic rings. The summed E-state index contributed by atoms with van der Waals surface area (Å²) in [6.45, 7) is 1.81. The molecule has 0 saturated carbocycles. The fraction of sp³-hybridized carbons (Fsp3) is 0.333. The highest BCUT2D eigenvalue weighted by atomic mass is 15.3. The second-order valence-corrected chi connectivity index (χ2v) is 13.2. The first-order chi connectivity index (χ1) is 21.3. The standard InChI is InChI=1S/C39H40N4/c1-4-10-30-25(7-1)14-19-36-38(30)32-23-28(15-18-35(32)43(36)37-20-16-27-9-3-6-12-34(27)42-37)33-17-13-29(24-41-33)39-31-11-5-2-8-26(31)21-22-40-39/h2-5,8-11,13-21,23,31-32,34-36,38-42H,1,6-7,12,22,24H2. The number of nitrogens with one attached hydrogen (secondary N) is 3. The molecule has 0 spiro atoms. The Morgan fingerprint density at radius 3 is 2.72 bits per heavy atom. The third-order valence-electron chi connectivity index (χ3n) is 10.9. The zero-order valence-corrected chi connectivity index (χ0v) is 24.6. The van der Waals surface area contributed by atoms with Crippen LogP contribution in [0.25, 0.3) is 0 Å². The third kappa shape index (κ3) is 4.22. The van der Waals surface area contributed by atoms with Crippen LogP contribution in [-0.4, -0.2) is 42.2 Å². The predicted octanol–water partition coefficient (Wildman–Crippen LogP) is 6.13. The van der Waals surface area contributed by atoms with Gasteiger partial charge < -0.3 is 20.9 Å². The number of allylic oxidation sites excluding steroid dienone is 13. The Hall–Kier alpha value is -4.02. The number of nitrogens with zero attached hydrogens (tertiary/aromatic N) is 1. The van der Waals surface area contributed by atoms with Gasteiger partial charge in [-0.1, -0.05) is 97.2 Å². The van der Waals surface area contributed by atoms with E-state index in [1.807, 2.05) is 0 Å². The van der Waals surface area contributed by atoms with Crippen molar-refractivity contribution in [3.63, 3.8) is 0 Å². The van der Waals surface area contributed by atoms with Crippen LogP contribution in [0.3, 0.4) is 0 Å². The van der Waals surface area contributed by atoms with Crippen LogP contribution in [0.1, 0.15) is 25.7 Å². The summed E-state index contributed by atoms with van der Waals surface area (Å²) in [4.78, 5) is 2.69. The van der Waals surface area contributed by atoms with Gasteiger partial charge in [0.2, 0.25) is 0 Å². The Morgan fingerprint density at radius 2 is 1.77 bits per heavy atom. The monoisotopic (exact) mass is 564 g/mol. The van der Waals surface area contributed by atoms with Gasteiger partial charge in [0, 0.05) is 42.6 Å². The van der Waals surface area contributed by atoms with Crippen LogP contribution in [0, 0.1) is 17.8 Å². The van der Waals surface area contributed by atoms with Gasteiger partial charge in [-0.2, -0.15) is 0 Å². The van der Waals surface area contributed by atoms with Crippen LogP contribution in [-0.2, 0) is 0 Å². The first kappa shape index (κ1) is 25.5. The second kappa shape index (κ2) is 10.3. The summed E-state index contributed by atoms with van der Waals surface area (Å²) in [5.41, 5.74) is 9.97. The van der Waals surface area contributed by atoms with Crippen molar-refractivity contribution in [3.8, 4) is 0 Å². The lowest BCUT2D eigenvalue weighted by Crippen LogP contribution is -2.46. The Labute approximate surface area is 255 Å². The first-order valence-corrected chi connectivity index (χ1v) is 16.4. The maximum Gasteiger partial charge on any atom is 0.103 e. The molecular formula is C39H40N4. The van der Waals surface area contributed by atoms with Gasteiger partial charge in [-0.15, -0.1) is 0 Å². The number of fused-ring (bicyclic) bond motifs is 6. The molecule has 3 N–H and O–H groups in total. The molecule has 0 aromatic rings. The highest BCUT2D eigenvalue weighted by Crippen LogP contribution is 2.50. The average Bonchev–Trinajstić information content (AvgIpc) is 3.42. The predicted molar refractivity (Wildman–Crippen MR) is 175 cm³/mol. The van der Waals surface area contributed by atoms with Gasteiger partial charge in [-0.25, -0.2) is 0 Å². The van der Waals surface area contributed by atoms with Gasteiger partial charge in [0.15, 0.2) is 0 Å². The molecule has 0 aromatic carbocycles. The van der Waals surface area contributed by atoms with Crippen molar-refractivity contribution >= 4 is 0 Å². The topological polar surface area (TPSA) is 39.3 Å². The molecule has 4 nitrogen and oxygen atoms in total. The lowest BCUT2D eigenvalue weighted by atomic mass is 9.73. The van der Waals surface area contributed by atoms with E-state index in [0.717, 1.165) is 32.4 Å². The molecule has 1 saturated heterocycles. The molecule has 0 bridgehead atoms. The number of hydrogen-bond donors (Lipinski definition) is 3. The minimum atomic E-state index is 0.330. The van der Waals surface area contributed by atoms with E-state index >= 15 is 0 Å². The SMILES string of the molecule is C1=CC2=CCNC(C3=CC=C(C4=CC5C6C7=C(C=CC6N(C6=CC=C8C=CCCC8N6)C5C=C4)CCC=C7)NC3)C2C=C1. The number of dihydropyridines is 2. The number of rotatable bonds is 3. The molecule has 0 radical (unpaired) electrons. The van der Waals surface area contributed by atoms with Crippen molar-refractivity contribution < 1.29 is 0 Å². The molecule has 4 aliphatic heterocycles. The fourth-order valence-electron chi connectivity index (χ4n) is 8.86. The molecule has 9 rings (SSSR count). The lowest BCUT2D eigenvalue weighted by Gasteiger charge is -2.39. The van der Waals surface area contributed by atoms with E-state index in [9.17, 15) is 0 Å². The van der Waals surface area contributed by atoms with E-state index in [4.69, 9.17) is 0 Å². The maximum atomic E-state index is 3.96. The number of likely N-dealkylation sites (tertiary alicyclic amines) is 1. The van der Waals surface area contributed by atoms with Crippen molar-refractivity contribution in [1.82, 2.24) is 20.9 Å². The van der Waals surface area contributed by atoms with Crippen molar-refractivity contribution in [2.45, 2.75) is 49.9 Å². The van der Waals surface area contributed by atoms with Crippen LogP contribution in [0.2, 0.25) is 0 Å². The molecule has 1 fully saturated rings. The van der Waals surface area contributed by atoms with Crippen LogP contribution in [0.15, 0.2) is 154 Å². The summed E-state index contributed by atoms with van der Waals surface area (Å²) in [5.74, 6) is 2.58. The minimum absolute atomic E-state index is 0.330. The van der Waals surface area contributed by atoms with Crippen LogP contribution < -0.4 is 16.0 Å². The summed E-state index contributed by atoms with van der Waals surface area (Å²) in [7, 11) is 0. The Balaban J connectivity index is 1.04. The van der Waals surface area contributed by atoms with Gasteiger partial charge in [0.1, 0.15) is 5.82 Å². The average molecular weight is 565 g/mol. The lowest BCUT2D eigenvalue weighted by molar-refractivity contribution is 0.269. The van der Waals surface area contributed by atoms with Crippen molar-refractivity contribution in [2.75, 3.05) is 13.1 Å². The number of hydrogen-bond acceptors (Lipinski definition) is 4. The largest absolute Gasteiger partial charge is 0.381 e. The van der Waals surface area contributed by atoms with E-state index in [2.05, 4.69) is 130 Å². The molecule has 0 aromatic heterocycles. The van der Waals surface area contributed by atoms with E-state index < -0.39 is 0 Å². The highest BCUT2D eigenvalue weighted by Gasteiger charge is 2.50. The van der Waals surface area contributed by atoms with Gasteiger partial charge in [0.25, 0.3) is 0 Å². The Morgan fingerprint density at radius 1 is 0.814 bits per heavy atom.